The van der Waals surface area contributed by atoms with Crippen LogP contribution in [0.2, 0.25) is 5.02 Å². The van der Waals surface area contributed by atoms with Crippen LogP contribution in [0.1, 0.15) is 19.8 Å². The number of rotatable bonds is 7. The number of thioether (sulfide) groups is 1. The first kappa shape index (κ1) is 17.8. The lowest BCUT2D eigenvalue weighted by Gasteiger charge is -2.07. The third kappa shape index (κ3) is 4.48. The van der Waals surface area contributed by atoms with Crippen LogP contribution in [0, 0.1) is 0 Å². The Morgan fingerprint density at radius 2 is 2.22 bits per heavy atom. The van der Waals surface area contributed by atoms with Crippen LogP contribution < -0.4 is 0 Å². The van der Waals surface area contributed by atoms with E-state index in [0.717, 1.165) is 35.4 Å². The standard InChI is InChI=1S/C16H21ClN4OS/c1-4-5-8-21-11-19-14-12(17)10-18-16(15(14)21)23-9-6-7-13(22)20(2)3/h6-7,10-11H,4-5,8-9H2,1-3H3/b7-6+. The minimum atomic E-state index is -0.0206. The molecule has 0 fully saturated rings. The van der Waals surface area contributed by atoms with Crippen molar-refractivity contribution in [1.29, 1.82) is 0 Å². The topological polar surface area (TPSA) is 51.0 Å². The molecule has 0 spiro atoms. The summed E-state index contributed by atoms with van der Waals surface area (Å²) < 4.78 is 2.11. The Labute approximate surface area is 145 Å². The summed E-state index contributed by atoms with van der Waals surface area (Å²) in [6.07, 6.45) is 9.09. The number of fused-ring (bicyclic) bond motifs is 1. The molecule has 5 nitrogen and oxygen atoms in total. The molecule has 124 valence electrons. The van der Waals surface area contributed by atoms with Crippen LogP contribution in [-0.4, -0.2) is 45.2 Å². The van der Waals surface area contributed by atoms with Gasteiger partial charge in [0.15, 0.2) is 0 Å². The predicted molar refractivity (Wildman–Crippen MR) is 96.0 cm³/mol. The highest BCUT2D eigenvalue weighted by Gasteiger charge is 2.12. The fourth-order valence-corrected chi connectivity index (χ4v) is 3.06. The fourth-order valence-electron chi connectivity index (χ4n) is 2.05. The normalized spacial score (nSPS) is 11.5. The van der Waals surface area contributed by atoms with E-state index in [0.29, 0.717) is 10.8 Å². The van der Waals surface area contributed by atoms with Crippen molar-refractivity contribution in [3.63, 3.8) is 0 Å². The molecule has 2 heterocycles. The van der Waals surface area contributed by atoms with Crippen molar-refractivity contribution in [1.82, 2.24) is 19.4 Å². The molecule has 0 saturated carbocycles. The predicted octanol–water partition coefficient (Wildman–Crippen LogP) is 3.62. The summed E-state index contributed by atoms with van der Waals surface area (Å²) >= 11 is 7.78. The Morgan fingerprint density at radius 3 is 2.91 bits per heavy atom. The first-order valence-electron chi connectivity index (χ1n) is 7.54. The van der Waals surface area contributed by atoms with Crippen LogP contribution in [0.15, 0.2) is 29.7 Å². The minimum absolute atomic E-state index is 0.0206. The Hall–Kier alpha value is -1.53. The number of aromatic nitrogens is 3. The zero-order chi connectivity index (χ0) is 16.8. The summed E-state index contributed by atoms with van der Waals surface area (Å²) in [6.45, 7) is 3.06. The number of hydrogen-bond donors (Lipinski definition) is 0. The van der Waals surface area contributed by atoms with Gasteiger partial charge in [0.25, 0.3) is 0 Å². The largest absolute Gasteiger partial charge is 0.345 e. The van der Waals surface area contributed by atoms with Crippen molar-refractivity contribution in [3.05, 3.63) is 29.7 Å². The molecule has 0 N–H and O–H groups in total. The maximum Gasteiger partial charge on any atom is 0.245 e. The van der Waals surface area contributed by atoms with E-state index < -0.39 is 0 Å². The average Bonchev–Trinajstić information content (AvgIpc) is 2.96. The zero-order valence-electron chi connectivity index (χ0n) is 13.6. The van der Waals surface area contributed by atoms with Crippen LogP contribution >= 0.6 is 23.4 Å². The van der Waals surface area contributed by atoms with E-state index in [4.69, 9.17) is 11.6 Å². The molecule has 0 radical (unpaired) electrons. The Kier molecular flexibility index (Phi) is 6.47. The first-order valence-corrected chi connectivity index (χ1v) is 8.91. The molecule has 7 heteroatoms. The number of aryl methyl sites for hydroxylation is 1. The van der Waals surface area contributed by atoms with Crippen LogP contribution in [0.4, 0.5) is 0 Å². The molecule has 0 aliphatic heterocycles. The molecule has 0 bridgehead atoms. The summed E-state index contributed by atoms with van der Waals surface area (Å²) in [5, 5.41) is 1.46. The number of likely N-dealkylation sites (N-methyl/N-ethyl adjacent to an activating group) is 1. The van der Waals surface area contributed by atoms with E-state index in [1.165, 1.54) is 0 Å². The summed E-state index contributed by atoms with van der Waals surface area (Å²) in [4.78, 5) is 21.9. The second kappa shape index (κ2) is 8.36. The van der Waals surface area contributed by atoms with Gasteiger partial charge in [-0.15, -0.1) is 11.8 Å². The van der Waals surface area contributed by atoms with Gasteiger partial charge < -0.3 is 9.47 Å². The van der Waals surface area contributed by atoms with Crippen LogP contribution in [0.25, 0.3) is 11.0 Å². The lowest BCUT2D eigenvalue weighted by molar-refractivity contribution is -0.123. The maximum absolute atomic E-state index is 11.5. The number of imidazole rings is 1. The number of halogens is 1. The number of pyridine rings is 1. The highest BCUT2D eigenvalue weighted by atomic mass is 35.5. The SMILES string of the molecule is CCCCn1cnc2c(Cl)cnc(SC/C=C/C(=O)N(C)C)c21. The van der Waals surface area contributed by atoms with E-state index in [1.54, 1.807) is 43.0 Å². The molecule has 2 rings (SSSR count). The summed E-state index contributed by atoms with van der Waals surface area (Å²) in [7, 11) is 3.47. The molecule has 23 heavy (non-hydrogen) atoms. The maximum atomic E-state index is 11.5. The lowest BCUT2D eigenvalue weighted by atomic mass is 10.3. The Bertz CT molecular complexity index is 711. The highest BCUT2D eigenvalue weighted by molar-refractivity contribution is 7.99. The van der Waals surface area contributed by atoms with Crippen molar-refractivity contribution in [2.24, 2.45) is 0 Å². The highest BCUT2D eigenvalue weighted by Crippen LogP contribution is 2.30. The summed E-state index contributed by atoms with van der Waals surface area (Å²) in [6, 6.07) is 0. The second-order valence-corrected chi connectivity index (χ2v) is 6.76. The Morgan fingerprint density at radius 1 is 1.43 bits per heavy atom. The van der Waals surface area contributed by atoms with Crippen molar-refractivity contribution in [3.8, 4) is 0 Å². The van der Waals surface area contributed by atoms with Gasteiger partial charge in [-0.3, -0.25) is 4.79 Å². The third-order valence-corrected chi connectivity index (χ3v) is 4.54. The minimum Gasteiger partial charge on any atom is -0.345 e. The van der Waals surface area contributed by atoms with E-state index in [2.05, 4.69) is 21.5 Å². The van der Waals surface area contributed by atoms with Crippen molar-refractivity contribution >= 4 is 40.3 Å². The Balaban J connectivity index is 2.18. The molecule has 1 amide bonds. The summed E-state index contributed by atoms with van der Waals surface area (Å²) in [5.41, 5.74) is 1.76. The smallest absolute Gasteiger partial charge is 0.245 e. The van der Waals surface area contributed by atoms with Gasteiger partial charge in [-0.2, -0.15) is 0 Å². The molecule has 2 aromatic rings. The second-order valence-electron chi connectivity index (χ2n) is 5.35. The average molecular weight is 353 g/mol. The van der Waals surface area contributed by atoms with Gasteiger partial charge in [0.05, 0.1) is 11.3 Å². The number of amides is 1. The van der Waals surface area contributed by atoms with Gasteiger partial charge in [0.2, 0.25) is 5.91 Å². The number of carbonyl (C=O) groups excluding carboxylic acids is 1. The molecular formula is C16H21ClN4OS. The van der Waals surface area contributed by atoms with Crippen molar-refractivity contribution < 1.29 is 4.79 Å². The van der Waals surface area contributed by atoms with Gasteiger partial charge in [-0.1, -0.05) is 31.0 Å². The van der Waals surface area contributed by atoms with Gasteiger partial charge in [-0.05, 0) is 12.5 Å². The third-order valence-electron chi connectivity index (χ3n) is 3.33. The monoisotopic (exact) mass is 352 g/mol. The lowest BCUT2D eigenvalue weighted by Crippen LogP contribution is -2.18. The number of carbonyl (C=O) groups is 1. The van der Waals surface area contributed by atoms with Crippen LogP contribution in [0.3, 0.4) is 0 Å². The van der Waals surface area contributed by atoms with Crippen molar-refractivity contribution in [2.75, 3.05) is 19.8 Å². The molecule has 0 unspecified atom stereocenters. The van der Waals surface area contributed by atoms with Gasteiger partial charge in [-0.25, -0.2) is 9.97 Å². The van der Waals surface area contributed by atoms with Gasteiger partial charge in [0.1, 0.15) is 16.1 Å². The molecule has 0 aromatic carbocycles. The summed E-state index contributed by atoms with van der Waals surface area (Å²) in [5.74, 6) is 0.648. The number of unbranched alkanes of at least 4 members (excludes halogenated alkanes) is 1. The van der Waals surface area contributed by atoms with Crippen LogP contribution in [0.5, 0.6) is 0 Å². The first-order chi connectivity index (χ1) is 11.0. The molecule has 0 saturated heterocycles. The van der Waals surface area contributed by atoms with E-state index in [9.17, 15) is 4.79 Å². The molecule has 0 aliphatic rings. The quantitative estimate of drug-likeness (QED) is 0.564. The van der Waals surface area contributed by atoms with E-state index in [-0.39, 0.29) is 5.91 Å². The molecular weight excluding hydrogens is 332 g/mol. The molecule has 0 aliphatic carbocycles. The number of hydrogen-bond acceptors (Lipinski definition) is 4. The fraction of sp³-hybridized carbons (Fsp3) is 0.438. The van der Waals surface area contributed by atoms with Gasteiger partial charge in [0, 0.05) is 32.6 Å². The van der Waals surface area contributed by atoms with Crippen molar-refractivity contribution in [2.45, 2.75) is 31.3 Å². The zero-order valence-corrected chi connectivity index (χ0v) is 15.2. The van der Waals surface area contributed by atoms with Gasteiger partial charge >= 0.3 is 0 Å². The van der Waals surface area contributed by atoms with E-state index >= 15 is 0 Å². The van der Waals surface area contributed by atoms with E-state index in [1.807, 2.05) is 12.4 Å². The number of nitrogens with zero attached hydrogens (tertiary/aromatic N) is 4. The van der Waals surface area contributed by atoms with Crippen LogP contribution in [-0.2, 0) is 11.3 Å². The molecule has 2 aromatic heterocycles. The molecule has 0 atom stereocenters.